The van der Waals surface area contributed by atoms with Gasteiger partial charge in [-0.3, -0.25) is 4.79 Å². The van der Waals surface area contributed by atoms with E-state index >= 15 is 0 Å². The maximum atomic E-state index is 11.3. The molecule has 7 heteroatoms. The molecular weight excluding hydrogens is 269 g/mol. The van der Waals surface area contributed by atoms with Gasteiger partial charge in [-0.1, -0.05) is 12.1 Å². The van der Waals surface area contributed by atoms with Crippen LogP contribution in [0.25, 0.3) is 0 Å². The Hall–Kier alpha value is -0.873. The summed E-state index contributed by atoms with van der Waals surface area (Å²) < 4.78 is 0. The van der Waals surface area contributed by atoms with Gasteiger partial charge >= 0.3 is 18.9 Å². The van der Waals surface area contributed by atoms with E-state index in [1.807, 2.05) is 17.0 Å². The largest absolute Gasteiger partial charge is 1.00 e. The monoisotopic (exact) mass is 291 g/mol. The number of Topliss-reactive ketones (excluding diaryl/α,β-unsaturated/α-hetero) is 1. The van der Waals surface area contributed by atoms with Crippen molar-refractivity contribution in [2.75, 3.05) is 18.0 Å². The molecule has 2 unspecified atom stereocenters. The zero-order valence-corrected chi connectivity index (χ0v) is 12.9. The Kier molecular flexibility index (Phi) is 7.91. The van der Waals surface area contributed by atoms with Gasteiger partial charge in [0.1, 0.15) is 11.2 Å². The fourth-order valence-corrected chi connectivity index (χ4v) is 2.24. The van der Waals surface area contributed by atoms with Crippen LogP contribution in [0.15, 0.2) is 24.3 Å². The van der Waals surface area contributed by atoms with E-state index in [2.05, 4.69) is 0 Å². The van der Waals surface area contributed by atoms with Crippen molar-refractivity contribution in [2.45, 2.75) is 32.0 Å². The van der Waals surface area contributed by atoms with Gasteiger partial charge < -0.3 is 26.1 Å². The number of carbonyl (C=O) groups is 1. The van der Waals surface area contributed by atoms with Crippen molar-refractivity contribution in [1.82, 2.24) is 0 Å². The molecule has 2 atom stereocenters. The first-order valence-electron chi connectivity index (χ1n) is 6.04. The van der Waals surface area contributed by atoms with Gasteiger partial charge in [0.05, 0.1) is 0 Å². The van der Waals surface area contributed by atoms with Gasteiger partial charge in [0.25, 0.3) is 0 Å². The van der Waals surface area contributed by atoms with Crippen molar-refractivity contribution in [3.8, 4) is 0 Å². The van der Waals surface area contributed by atoms with Crippen LogP contribution in [-0.2, 0) is 0 Å². The van der Waals surface area contributed by atoms with E-state index in [0.29, 0.717) is 18.7 Å². The summed E-state index contributed by atoms with van der Waals surface area (Å²) >= 11 is 0. The number of ketones is 1. The third-order valence-electron chi connectivity index (χ3n) is 3.78. The maximum Gasteiger partial charge on any atom is 1.00 e. The van der Waals surface area contributed by atoms with Crippen molar-refractivity contribution < 1.29 is 44.8 Å². The van der Waals surface area contributed by atoms with E-state index in [0.717, 1.165) is 5.69 Å². The number of β-amino-alcohol motifs (C(OH)–C–C–N with tert-alkyl or cyclic N) is 2. The van der Waals surface area contributed by atoms with Gasteiger partial charge in [-0.05, 0) is 32.9 Å². The standard InChI is InChI=1S/C14H19NO3.Li.2H2O/c1-10(16)11-5-4-6-12(7-11)15-8-13(2,17)14(3,18)9-15;;;/h4-7,17-18H,8-9H2,1-3H3;;2*1H2/q;+1;;/p-1. The van der Waals surface area contributed by atoms with E-state index in [4.69, 9.17) is 0 Å². The molecule has 6 nitrogen and oxygen atoms in total. The molecule has 0 radical (unpaired) electrons. The third-order valence-corrected chi connectivity index (χ3v) is 3.78. The molecule has 1 saturated heterocycles. The van der Waals surface area contributed by atoms with Gasteiger partial charge in [-0.25, -0.2) is 0 Å². The van der Waals surface area contributed by atoms with Gasteiger partial charge in [0.2, 0.25) is 0 Å². The smallest absolute Gasteiger partial charge is 0.870 e. The predicted octanol–water partition coefficient (Wildman–Crippen LogP) is -2.79. The molecule has 114 valence electrons. The van der Waals surface area contributed by atoms with E-state index < -0.39 is 11.2 Å². The van der Waals surface area contributed by atoms with Crippen LogP contribution in [0.3, 0.4) is 0 Å². The third kappa shape index (κ3) is 4.30. The van der Waals surface area contributed by atoms with Crippen LogP contribution in [0.5, 0.6) is 0 Å². The second-order valence-electron chi connectivity index (χ2n) is 5.51. The Morgan fingerprint density at radius 3 is 2.10 bits per heavy atom. The summed E-state index contributed by atoms with van der Waals surface area (Å²) in [6.45, 7) is 5.47. The first kappa shape index (κ1) is 22.4. The first-order chi connectivity index (χ1) is 8.23. The Bertz CT molecular complexity index is 474. The van der Waals surface area contributed by atoms with Crippen LogP contribution in [0.1, 0.15) is 31.1 Å². The number of hydrogen-bond acceptors (Lipinski definition) is 5. The van der Waals surface area contributed by atoms with Crippen molar-refractivity contribution in [2.24, 2.45) is 0 Å². The average Bonchev–Trinajstić information content (AvgIpc) is 2.48. The molecule has 1 aromatic rings. The van der Waals surface area contributed by atoms with Crippen LogP contribution in [0.2, 0.25) is 0 Å². The Balaban J connectivity index is 0. The second kappa shape index (κ2) is 7.41. The number of anilines is 1. The SMILES string of the molecule is CC(=O)c1cccc(N2CC(C)(O)C(C)(O)C2)c1.O.[Li+].[OH-]. The Labute approximate surface area is 136 Å². The molecule has 0 bridgehead atoms. The zero-order valence-electron chi connectivity index (χ0n) is 12.9. The summed E-state index contributed by atoms with van der Waals surface area (Å²) in [5.74, 6) is 0.00886. The molecule has 0 aromatic heterocycles. The summed E-state index contributed by atoms with van der Waals surface area (Å²) in [6, 6.07) is 7.25. The average molecular weight is 291 g/mol. The van der Waals surface area contributed by atoms with Gasteiger partial charge in [0.15, 0.2) is 5.78 Å². The van der Waals surface area contributed by atoms with E-state index in [9.17, 15) is 15.0 Å². The van der Waals surface area contributed by atoms with Gasteiger partial charge in [-0.2, -0.15) is 0 Å². The minimum absolute atomic E-state index is 0. The predicted molar refractivity (Wildman–Crippen MR) is 75.5 cm³/mol. The minimum Gasteiger partial charge on any atom is -0.870 e. The van der Waals surface area contributed by atoms with Crippen LogP contribution in [-0.4, -0.2) is 51.2 Å². The molecule has 5 N–H and O–H groups in total. The summed E-state index contributed by atoms with van der Waals surface area (Å²) in [4.78, 5) is 13.2. The summed E-state index contributed by atoms with van der Waals surface area (Å²) in [6.07, 6.45) is 0. The van der Waals surface area contributed by atoms with Crippen LogP contribution in [0.4, 0.5) is 5.69 Å². The molecular formula is C14H22LiNO5. The minimum atomic E-state index is -1.15. The second-order valence-corrected chi connectivity index (χ2v) is 5.51. The van der Waals surface area contributed by atoms with E-state index in [1.54, 1.807) is 26.0 Å². The van der Waals surface area contributed by atoms with Crippen molar-refractivity contribution in [3.63, 3.8) is 0 Å². The molecule has 1 fully saturated rings. The first-order valence-corrected chi connectivity index (χ1v) is 6.04. The maximum absolute atomic E-state index is 11.3. The summed E-state index contributed by atoms with van der Waals surface area (Å²) in [5, 5.41) is 20.3. The molecule has 0 amide bonds. The molecule has 2 rings (SSSR count). The molecule has 21 heavy (non-hydrogen) atoms. The van der Waals surface area contributed by atoms with Crippen LogP contribution < -0.4 is 23.8 Å². The normalized spacial score (nSPS) is 27.2. The molecule has 1 heterocycles. The molecule has 0 aliphatic carbocycles. The van der Waals surface area contributed by atoms with E-state index in [-0.39, 0.29) is 35.6 Å². The summed E-state index contributed by atoms with van der Waals surface area (Å²) in [7, 11) is 0. The summed E-state index contributed by atoms with van der Waals surface area (Å²) in [5.41, 5.74) is -0.821. The molecule has 0 spiro atoms. The van der Waals surface area contributed by atoms with Crippen LogP contribution >= 0.6 is 0 Å². The van der Waals surface area contributed by atoms with Gasteiger partial charge in [0, 0.05) is 24.3 Å². The molecule has 1 aromatic carbocycles. The van der Waals surface area contributed by atoms with Gasteiger partial charge in [-0.15, -0.1) is 0 Å². The topological polar surface area (TPSA) is 122 Å². The number of benzene rings is 1. The quantitative estimate of drug-likeness (QED) is 0.450. The number of rotatable bonds is 2. The van der Waals surface area contributed by atoms with Crippen molar-refractivity contribution >= 4 is 11.5 Å². The Morgan fingerprint density at radius 2 is 1.67 bits per heavy atom. The number of nitrogens with zero attached hydrogens (tertiary/aromatic N) is 1. The van der Waals surface area contributed by atoms with Crippen molar-refractivity contribution in [3.05, 3.63) is 29.8 Å². The Morgan fingerprint density at radius 1 is 1.19 bits per heavy atom. The number of carbonyl (C=O) groups excluding carboxylic acids is 1. The number of aliphatic hydroxyl groups is 2. The van der Waals surface area contributed by atoms with Crippen molar-refractivity contribution in [1.29, 1.82) is 0 Å². The molecule has 1 aliphatic rings. The zero-order chi connectivity index (χ0) is 13.6. The number of hydrogen-bond donors (Lipinski definition) is 2. The fourth-order valence-electron chi connectivity index (χ4n) is 2.24. The molecule has 0 saturated carbocycles. The van der Waals surface area contributed by atoms with Crippen LogP contribution in [0, 0.1) is 0 Å². The molecule has 1 aliphatic heterocycles. The van der Waals surface area contributed by atoms with E-state index in [1.165, 1.54) is 6.92 Å². The fraction of sp³-hybridized carbons (Fsp3) is 0.500.